The first-order valence-corrected chi connectivity index (χ1v) is 39.1. The second-order valence-corrected chi connectivity index (χ2v) is 29.3. The Morgan fingerprint density at radius 1 is 0.486 bits per heavy atom. The molecule has 5 atom stereocenters. The second-order valence-electron chi connectivity index (χ2n) is 28.0. The van der Waals surface area contributed by atoms with E-state index in [1.807, 2.05) is 70.3 Å². The van der Waals surface area contributed by atoms with E-state index >= 15 is 0 Å². The van der Waals surface area contributed by atoms with Gasteiger partial charge in [-0.2, -0.15) is 11.8 Å². The standard InChI is InChI=1S/C76H126N6O22S/c1-75(2,3)103-73(86)79-63-19-21-64(22-20-63)82(74(87)104-76(4,5)6)67-57-65(67)61-17-15-60(16-18-61)62-11-9-10-59(56-62)14-23-70(84)78-25-27-89-29-31-91-33-35-93-37-39-95-41-43-97-45-47-99-49-51-101-53-55-102-54-52-100-50-48-98-46-44-96-42-40-94-38-36-92-34-32-90-30-28-88-26-24-77-69(83)13-8-7-12-68-71-66(58-105-68)80-72(85)81-71/h9-11,15-18,56,63-68,71H,7-8,12-14,19-55,57-58H2,1-6H3,(H,77,83)(H,78,84)(H,79,86)(H2,80,81,85)/t63?,64?,65-,66-,67+,68-,71-/m0/s1. The highest BCUT2D eigenvalue weighted by atomic mass is 32.2. The average molecular weight is 1510 g/mol. The molecule has 4 aliphatic rings. The molecule has 2 aliphatic heterocycles. The van der Waals surface area contributed by atoms with E-state index in [-0.39, 0.29) is 60.1 Å². The van der Waals surface area contributed by atoms with Gasteiger partial charge in [-0.1, -0.05) is 55.0 Å². The van der Waals surface area contributed by atoms with Crippen molar-refractivity contribution in [3.63, 3.8) is 0 Å². The van der Waals surface area contributed by atoms with Gasteiger partial charge in [-0.3, -0.25) is 9.59 Å². The second kappa shape index (κ2) is 53.7. The molecular weight excluding hydrogens is 1380 g/mol. The van der Waals surface area contributed by atoms with Crippen LogP contribution in [0.2, 0.25) is 0 Å². The van der Waals surface area contributed by atoms with E-state index in [0.29, 0.717) is 236 Å². The maximum Gasteiger partial charge on any atom is 0.410 e. The van der Waals surface area contributed by atoms with Gasteiger partial charge in [-0.25, -0.2) is 14.4 Å². The summed E-state index contributed by atoms with van der Waals surface area (Å²) in [5, 5.41) is 15.3. The summed E-state index contributed by atoms with van der Waals surface area (Å²) in [5.74, 6) is 1.17. The van der Waals surface area contributed by atoms with E-state index in [4.69, 9.17) is 80.5 Å². The summed E-state index contributed by atoms with van der Waals surface area (Å²) in [6.45, 7) is 25.9. The van der Waals surface area contributed by atoms with E-state index in [2.05, 4.69) is 63.0 Å². The highest BCUT2D eigenvalue weighted by Crippen LogP contribution is 2.48. The number of nitrogens with one attached hydrogen (secondary N) is 5. The normalized spacial score (nSPS) is 19.2. The summed E-state index contributed by atoms with van der Waals surface area (Å²) in [5.41, 5.74) is 3.26. The quantitative estimate of drug-likeness (QED) is 0.0318. The van der Waals surface area contributed by atoms with Crippen molar-refractivity contribution in [3.05, 3.63) is 59.7 Å². The third kappa shape index (κ3) is 41.4. The predicted octanol–water partition coefficient (Wildman–Crippen LogP) is 7.42. The largest absolute Gasteiger partial charge is 0.444 e. The molecule has 6 amide bonds. The van der Waals surface area contributed by atoms with Gasteiger partial charge in [0.1, 0.15) is 11.2 Å². The molecule has 2 heterocycles. The third-order valence-corrected chi connectivity index (χ3v) is 18.7. The van der Waals surface area contributed by atoms with Crippen LogP contribution in [0.1, 0.15) is 123 Å². The van der Waals surface area contributed by atoms with Gasteiger partial charge in [0, 0.05) is 61.0 Å². The van der Waals surface area contributed by atoms with E-state index in [1.165, 1.54) is 5.56 Å². The van der Waals surface area contributed by atoms with Gasteiger partial charge >= 0.3 is 18.2 Å². The number of carbonyl (C=O) groups is 5. The highest BCUT2D eigenvalue weighted by Gasteiger charge is 2.49. The summed E-state index contributed by atoms with van der Waals surface area (Å²) >= 11 is 1.90. The van der Waals surface area contributed by atoms with E-state index in [1.54, 1.807) is 0 Å². The molecule has 105 heavy (non-hydrogen) atoms. The molecule has 2 aromatic carbocycles. The maximum atomic E-state index is 13.7. The van der Waals surface area contributed by atoms with Crippen molar-refractivity contribution in [1.82, 2.24) is 31.5 Å². The number of alkyl carbamates (subject to hydrolysis) is 1. The zero-order valence-corrected chi connectivity index (χ0v) is 64.4. The van der Waals surface area contributed by atoms with Gasteiger partial charge in [0.15, 0.2) is 0 Å². The first-order valence-electron chi connectivity index (χ1n) is 38.1. The molecule has 5 N–H and O–H groups in total. The number of fused-ring (bicyclic) bond motifs is 1. The van der Waals surface area contributed by atoms with Gasteiger partial charge in [-0.05, 0) is 115 Å². The Bertz CT molecular complexity index is 2650. The molecule has 0 spiro atoms. The van der Waals surface area contributed by atoms with Gasteiger partial charge in [0.05, 0.1) is 210 Å². The molecule has 2 saturated carbocycles. The Labute approximate surface area is 627 Å². The summed E-state index contributed by atoms with van der Waals surface area (Å²) in [6, 6.07) is 17.4. The summed E-state index contributed by atoms with van der Waals surface area (Å²) < 4.78 is 94.8. The van der Waals surface area contributed by atoms with Crippen LogP contribution in [-0.4, -0.2) is 299 Å². The van der Waals surface area contributed by atoms with E-state index < -0.39 is 17.3 Å². The number of urea groups is 1. The Kier molecular flexibility index (Phi) is 45.4. The molecule has 0 bridgehead atoms. The van der Waals surface area contributed by atoms with Crippen molar-refractivity contribution < 1.29 is 104 Å². The molecule has 28 nitrogen and oxygen atoms in total. The summed E-state index contributed by atoms with van der Waals surface area (Å²) in [4.78, 5) is 64.5. The fraction of sp³-hybridized carbons (Fsp3) is 0.776. The first kappa shape index (κ1) is 88.8. The van der Waals surface area contributed by atoms with E-state index in [9.17, 15) is 24.0 Å². The first-order chi connectivity index (χ1) is 51.0. The molecule has 6 rings (SSSR count). The van der Waals surface area contributed by atoms with Crippen molar-refractivity contribution in [2.24, 2.45) is 0 Å². The molecule has 2 aromatic rings. The third-order valence-electron chi connectivity index (χ3n) is 17.2. The number of aryl methyl sites for hydroxylation is 1. The number of nitrogens with zero attached hydrogens (tertiary/aromatic N) is 1. The average Bonchev–Trinajstić information content (AvgIpc) is 1.61. The Balaban J connectivity index is 0.595. The SMILES string of the molecule is CC(C)(C)OC(=O)NC1CCC(N(C(=O)OC(C)(C)C)[C@@H]2C[C@H]2c2ccc(-c3cccc(CCC(=O)NCCOCCOCCOCCOCCOCCOCCOCCOCCOCCOCCOCCOCCOCCOCCOCCNC(=O)CCCC[C@@H]4SC[C@@H]5NC(=O)N[C@@H]54)c3)cc2)CC1. The minimum Gasteiger partial charge on any atom is -0.444 e. The lowest BCUT2D eigenvalue weighted by atomic mass is 9.90. The van der Waals surface area contributed by atoms with Gasteiger partial charge in [0.2, 0.25) is 11.8 Å². The lowest BCUT2D eigenvalue weighted by molar-refractivity contribution is -0.122. The van der Waals surface area contributed by atoms with Crippen LogP contribution >= 0.6 is 11.8 Å². The lowest BCUT2D eigenvalue weighted by Crippen LogP contribution is -2.49. The number of amides is 6. The van der Waals surface area contributed by atoms with Crippen LogP contribution in [0.4, 0.5) is 14.4 Å². The fourth-order valence-corrected chi connectivity index (χ4v) is 13.5. The van der Waals surface area contributed by atoms with Crippen LogP contribution in [-0.2, 0) is 96.5 Å². The zero-order valence-electron chi connectivity index (χ0n) is 63.6. The Hall–Kier alpha value is -5.06. The molecule has 0 unspecified atom stereocenters. The van der Waals surface area contributed by atoms with Gasteiger partial charge in [0.25, 0.3) is 0 Å². The van der Waals surface area contributed by atoms with Crippen LogP contribution in [0.25, 0.3) is 11.1 Å². The van der Waals surface area contributed by atoms with Crippen LogP contribution in [0.15, 0.2) is 48.5 Å². The van der Waals surface area contributed by atoms with Crippen LogP contribution < -0.4 is 26.6 Å². The zero-order chi connectivity index (χ0) is 74.8. The van der Waals surface area contributed by atoms with Crippen molar-refractivity contribution in [2.45, 2.75) is 165 Å². The molecule has 0 radical (unpaired) electrons. The minimum atomic E-state index is -0.615. The number of hydrogen-bond acceptors (Lipinski definition) is 23. The topological polar surface area (TPSA) is 306 Å². The number of unbranched alkanes of at least 4 members (excludes halogenated alkanes) is 1. The van der Waals surface area contributed by atoms with Crippen molar-refractivity contribution in [3.8, 4) is 11.1 Å². The smallest absolute Gasteiger partial charge is 0.410 e. The minimum absolute atomic E-state index is 0.00667. The predicted molar refractivity (Wildman–Crippen MR) is 397 cm³/mol. The lowest BCUT2D eigenvalue weighted by Gasteiger charge is -2.38. The summed E-state index contributed by atoms with van der Waals surface area (Å²) in [6.07, 6.45) is 7.54. The van der Waals surface area contributed by atoms with Crippen LogP contribution in [0, 0.1) is 0 Å². The van der Waals surface area contributed by atoms with Crippen LogP contribution in [0.5, 0.6) is 0 Å². The summed E-state index contributed by atoms with van der Waals surface area (Å²) in [7, 11) is 0. The molecule has 2 saturated heterocycles. The fourth-order valence-electron chi connectivity index (χ4n) is 11.9. The van der Waals surface area contributed by atoms with Crippen molar-refractivity contribution in [1.29, 1.82) is 0 Å². The monoisotopic (exact) mass is 1510 g/mol. The molecule has 29 heteroatoms. The molecular formula is C76H126N6O22S. The number of carbonyl (C=O) groups excluding carboxylic acids is 5. The number of benzene rings is 2. The highest BCUT2D eigenvalue weighted by molar-refractivity contribution is 8.00. The number of ether oxygens (including phenoxy) is 17. The molecule has 2 aliphatic carbocycles. The number of hydrogen-bond donors (Lipinski definition) is 5. The Morgan fingerprint density at radius 2 is 0.905 bits per heavy atom. The maximum absolute atomic E-state index is 13.7. The number of thioether (sulfide) groups is 1. The molecule has 598 valence electrons. The molecule has 0 aromatic heterocycles. The van der Waals surface area contributed by atoms with Gasteiger partial charge < -0.3 is 112 Å². The van der Waals surface area contributed by atoms with Gasteiger partial charge in [-0.15, -0.1) is 0 Å². The van der Waals surface area contributed by atoms with Crippen molar-refractivity contribution in [2.75, 3.05) is 217 Å². The van der Waals surface area contributed by atoms with Crippen molar-refractivity contribution >= 4 is 41.8 Å². The van der Waals surface area contributed by atoms with Crippen LogP contribution in [0.3, 0.4) is 0 Å². The van der Waals surface area contributed by atoms with E-state index in [0.717, 1.165) is 73.8 Å². The Morgan fingerprint density at radius 3 is 1.33 bits per heavy atom. The molecule has 4 fully saturated rings. The number of rotatable bonds is 61.